The topological polar surface area (TPSA) is 71.6 Å². The summed E-state index contributed by atoms with van der Waals surface area (Å²) in [6.45, 7) is 3.53. The van der Waals surface area contributed by atoms with Crippen LogP contribution in [0.25, 0.3) is 0 Å². The summed E-state index contributed by atoms with van der Waals surface area (Å²) in [5, 5.41) is 13.9. The number of methoxy groups -OCH3 is 1. The van der Waals surface area contributed by atoms with Crippen molar-refractivity contribution in [3.63, 3.8) is 0 Å². The molecule has 0 spiro atoms. The van der Waals surface area contributed by atoms with E-state index in [0.717, 1.165) is 44.1 Å². The summed E-state index contributed by atoms with van der Waals surface area (Å²) in [4.78, 5) is 6.83. The van der Waals surface area contributed by atoms with Crippen molar-refractivity contribution < 1.29 is 14.4 Å². The molecule has 1 aliphatic heterocycles. The van der Waals surface area contributed by atoms with Gasteiger partial charge in [0.1, 0.15) is 0 Å². The molecule has 6 heteroatoms. The van der Waals surface area contributed by atoms with E-state index in [1.807, 2.05) is 0 Å². The van der Waals surface area contributed by atoms with Crippen molar-refractivity contribution in [2.24, 2.45) is 5.41 Å². The molecule has 0 bridgehead atoms. The number of hydrogen-bond acceptors (Lipinski definition) is 6. The maximum Gasteiger partial charge on any atom is 0.229 e. The molecule has 6 nitrogen and oxygen atoms in total. The van der Waals surface area contributed by atoms with Crippen molar-refractivity contribution >= 4 is 0 Å². The second-order valence-electron chi connectivity index (χ2n) is 6.54. The molecular weight excluding hydrogens is 270 g/mol. The lowest BCUT2D eigenvalue weighted by molar-refractivity contribution is 0.00377. The highest BCUT2D eigenvalue weighted by molar-refractivity contribution is 5.02. The Hall–Kier alpha value is -0.980. The zero-order chi connectivity index (χ0) is 14.7. The predicted octanol–water partition coefficient (Wildman–Crippen LogP) is 1.56. The number of rotatable bonds is 7. The lowest BCUT2D eigenvalue weighted by Gasteiger charge is -2.41. The van der Waals surface area contributed by atoms with Crippen LogP contribution in [-0.4, -0.2) is 53.6 Å². The van der Waals surface area contributed by atoms with Crippen LogP contribution in [0.1, 0.15) is 49.7 Å². The summed E-state index contributed by atoms with van der Waals surface area (Å²) in [6.07, 6.45) is 5.41. The van der Waals surface area contributed by atoms with E-state index in [2.05, 4.69) is 15.0 Å². The van der Waals surface area contributed by atoms with Crippen LogP contribution < -0.4 is 0 Å². The Morgan fingerprint density at radius 3 is 3.05 bits per heavy atom. The third-order valence-corrected chi connectivity index (χ3v) is 4.69. The molecule has 3 rings (SSSR count). The van der Waals surface area contributed by atoms with E-state index in [9.17, 15) is 5.11 Å². The van der Waals surface area contributed by atoms with E-state index < -0.39 is 0 Å². The fourth-order valence-corrected chi connectivity index (χ4v) is 3.20. The number of ether oxygens (including phenoxy) is 1. The van der Waals surface area contributed by atoms with E-state index in [1.54, 1.807) is 7.11 Å². The fourth-order valence-electron chi connectivity index (χ4n) is 3.20. The smallest absolute Gasteiger partial charge is 0.229 e. The van der Waals surface area contributed by atoms with Crippen molar-refractivity contribution in [2.45, 2.75) is 44.6 Å². The van der Waals surface area contributed by atoms with Crippen LogP contribution in [0.5, 0.6) is 0 Å². The van der Waals surface area contributed by atoms with E-state index in [0.29, 0.717) is 19.1 Å². The largest absolute Gasteiger partial charge is 0.396 e. The SMILES string of the molecule is COCC[C@@]1(CO)CCCN(Cc2noc(C3CC3)n2)C1. The van der Waals surface area contributed by atoms with Gasteiger partial charge < -0.3 is 14.4 Å². The van der Waals surface area contributed by atoms with Crippen LogP contribution in [0.2, 0.25) is 0 Å². The molecule has 118 valence electrons. The lowest BCUT2D eigenvalue weighted by Crippen LogP contribution is -2.45. The lowest BCUT2D eigenvalue weighted by atomic mass is 9.78. The summed E-state index contributed by atoms with van der Waals surface area (Å²) < 4.78 is 10.5. The molecule has 1 aromatic heterocycles. The van der Waals surface area contributed by atoms with Crippen molar-refractivity contribution in [2.75, 3.05) is 33.4 Å². The van der Waals surface area contributed by atoms with Crippen LogP contribution in [-0.2, 0) is 11.3 Å². The maximum atomic E-state index is 9.81. The normalized spacial score (nSPS) is 27.1. The van der Waals surface area contributed by atoms with E-state index in [4.69, 9.17) is 9.26 Å². The van der Waals surface area contributed by atoms with E-state index in [-0.39, 0.29) is 12.0 Å². The summed E-state index contributed by atoms with van der Waals surface area (Å²) in [5.41, 5.74) is -0.0443. The summed E-state index contributed by atoms with van der Waals surface area (Å²) >= 11 is 0. The summed E-state index contributed by atoms with van der Waals surface area (Å²) in [6, 6.07) is 0. The first-order valence-corrected chi connectivity index (χ1v) is 7.89. The molecule has 1 saturated carbocycles. The highest BCUT2D eigenvalue weighted by Crippen LogP contribution is 2.39. The average Bonchev–Trinajstić information content (AvgIpc) is 3.26. The molecule has 0 radical (unpaired) electrons. The maximum absolute atomic E-state index is 9.81. The van der Waals surface area contributed by atoms with Crippen LogP contribution in [0.3, 0.4) is 0 Å². The standard InChI is InChI=1S/C15H25N3O3/c1-20-8-6-15(11-19)5-2-7-18(10-15)9-13-16-14(21-17-13)12-3-4-12/h12,19H,2-11H2,1H3/t15-/m0/s1. The molecule has 0 aromatic carbocycles. The fraction of sp³-hybridized carbons (Fsp3) is 0.867. The Kier molecular flexibility index (Phi) is 4.57. The van der Waals surface area contributed by atoms with Gasteiger partial charge in [0.25, 0.3) is 0 Å². The van der Waals surface area contributed by atoms with Gasteiger partial charge in [0, 0.05) is 31.6 Å². The Morgan fingerprint density at radius 1 is 1.48 bits per heavy atom. The Morgan fingerprint density at radius 2 is 2.33 bits per heavy atom. The van der Waals surface area contributed by atoms with Gasteiger partial charge in [0.15, 0.2) is 5.82 Å². The number of aromatic nitrogens is 2. The highest BCUT2D eigenvalue weighted by atomic mass is 16.5. The second kappa shape index (κ2) is 6.42. The Labute approximate surface area is 125 Å². The Balaban J connectivity index is 1.58. The van der Waals surface area contributed by atoms with Gasteiger partial charge in [-0.1, -0.05) is 5.16 Å². The third kappa shape index (κ3) is 3.62. The molecule has 2 heterocycles. The quantitative estimate of drug-likeness (QED) is 0.823. The third-order valence-electron chi connectivity index (χ3n) is 4.69. The number of piperidine rings is 1. The zero-order valence-corrected chi connectivity index (χ0v) is 12.8. The molecule has 1 atom stereocenters. The van der Waals surface area contributed by atoms with Gasteiger partial charge in [0.05, 0.1) is 13.2 Å². The summed E-state index contributed by atoms with van der Waals surface area (Å²) in [7, 11) is 1.71. The van der Waals surface area contributed by atoms with Crippen LogP contribution >= 0.6 is 0 Å². The number of hydrogen-bond donors (Lipinski definition) is 1. The minimum Gasteiger partial charge on any atom is -0.396 e. The highest BCUT2D eigenvalue weighted by Gasteiger charge is 2.35. The first-order valence-electron chi connectivity index (χ1n) is 7.89. The average molecular weight is 295 g/mol. The molecule has 2 aliphatic rings. The van der Waals surface area contributed by atoms with Crippen molar-refractivity contribution in [1.29, 1.82) is 0 Å². The van der Waals surface area contributed by atoms with Gasteiger partial charge in [-0.15, -0.1) is 0 Å². The zero-order valence-electron chi connectivity index (χ0n) is 12.8. The van der Waals surface area contributed by atoms with Gasteiger partial charge >= 0.3 is 0 Å². The van der Waals surface area contributed by atoms with Crippen molar-refractivity contribution in [3.05, 3.63) is 11.7 Å². The molecule has 1 saturated heterocycles. The molecular formula is C15H25N3O3. The number of aliphatic hydroxyl groups excluding tert-OH is 1. The van der Waals surface area contributed by atoms with Gasteiger partial charge in [0.2, 0.25) is 5.89 Å². The van der Waals surface area contributed by atoms with Crippen LogP contribution in [0.15, 0.2) is 4.52 Å². The molecule has 2 fully saturated rings. The molecule has 0 amide bonds. The second-order valence-corrected chi connectivity index (χ2v) is 6.54. The van der Waals surface area contributed by atoms with Gasteiger partial charge in [-0.3, -0.25) is 4.90 Å². The molecule has 21 heavy (non-hydrogen) atoms. The molecule has 1 N–H and O–H groups in total. The predicted molar refractivity (Wildman–Crippen MR) is 76.8 cm³/mol. The monoisotopic (exact) mass is 295 g/mol. The first-order chi connectivity index (χ1) is 10.2. The molecule has 1 aromatic rings. The minimum atomic E-state index is -0.0443. The first kappa shape index (κ1) is 14.9. The Bertz CT molecular complexity index is 461. The van der Waals surface area contributed by atoms with E-state index in [1.165, 1.54) is 12.8 Å². The number of nitrogens with zero attached hydrogens (tertiary/aromatic N) is 3. The van der Waals surface area contributed by atoms with Crippen LogP contribution in [0.4, 0.5) is 0 Å². The summed E-state index contributed by atoms with van der Waals surface area (Å²) in [5.74, 6) is 2.08. The molecule has 1 aliphatic carbocycles. The van der Waals surface area contributed by atoms with E-state index >= 15 is 0 Å². The van der Waals surface area contributed by atoms with Crippen molar-refractivity contribution in [1.82, 2.24) is 15.0 Å². The van der Waals surface area contributed by atoms with Gasteiger partial charge in [-0.05, 0) is 38.6 Å². The van der Waals surface area contributed by atoms with Crippen molar-refractivity contribution in [3.8, 4) is 0 Å². The number of likely N-dealkylation sites (tertiary alicyclic amines) is 1. The van der Waals surface area contributed by atoms with Gasteiger partial charge in [-0.2, -0.15) is 4.98 Å². The van der Waals surface area contributed by atoms with Gasteiger partial charge in [-0.25, -0.2) is 0 Å². The molecule has 0 unspecified atom stereocenters. The number of aliphatic hydroxyl groups is 1. The minimum absolute atomic E-state index is 0.0443. The van der Waals surface area contributed by atoms with Crippen LogP contribution in [0, 0.1) is 5.41 Å².